The maximum absolute atomic E-state index is 9.00. The van der Waals surface area contributed by atoms with Crippen molar-refractivity contribution in [2.45, 2.75) is 6.92 Å². The van der Waals surface area contributed by atoms with Crippen molar-refractivity contribution in [3.8, 4) is 0 Å². The molecule has 0 atom stereocenters. The van der Waals surface area contributed by atoms with Crippen molar-refractivity contribution in [2.24, 2.45) is 11.5 Å². The van der Waals surface area contributed by atoms with Crippen molar-refractivity contribution in [1.29, 1.82) is 0 Å². The van der Waals surface area contributed by atoms with Crippen LogP contribution in [0.5, 0.6) is 0 Å². The van der Waals surface area contributed by atoms with Crippen LogP contribution in [0.1, 0.15) is 6.92 Å². The van der Waals surface area contributed by atoms with Crippen molar-refractivity contribution >= 4 is 6.03 Å². The van der Waals surface area contributed by atoms with E-state index in [1.54, 1.807) is 6.08 Å². The van der Waals surface area contributed by atoms with Crippen LogP contribution < -0.4 is 11.5 Å². The fourth-order valence-corrected chi connectivity index (χ4v) is 0. The van der Waals surface area contributed by atoms with Gasteiger partial charge in [0.1, 0.15) is 0 Å². The lowest BCUT2D eigenvalue weighted by atomic mass is 10.8. The minimum Gasteiger partial charge on any atom is -0.352 e. The second-order valence-corrected chi connectivity index (χ2v) is 0.811. The first-order valence-electron chi connectivity index (χ1n) is 2.27. The van der Waals surface area contributed by atoms with Gasteiger partial charge < -0.3 is 11.5 Å². The smallest absolute Gasteiger partial charge is 0.309 e. The molecule has 0 radical (unpaired) electrons. The number of allylic oxidation sites excluding steroid dienone is 1. The summed E-state index contributed by atoms with van der Waals surface area (Å²) in [6.07, 6.45) is 1.75. The number of carbonyl (C=O) groups excluding carboxylic acids is 1. The predicted octanol–water partition coefficient (Wildman–Crippen LogP) is 1.02. The summed E-state index contributed by atoms with van der Waals surface area (Å²) in [7, 11) is 0. The fraction of sp³-hybridized carbons (Fsp3) is 0.167. The van der Waals surface area contributed by atoms with Crippen LogP contribution in [0, 0.1) is 0 Å². The number of nitrogens with two attached hydrogens (primary N) is 2. The molecule has 0 aromatic rings. The van der Waals surface area contributed by atoms with E-state index in [9.17, 15) is 0 Å². The molecule has 3 heteroatoms. The Morgan fingerprint density at radius 3 is 1.44 bits per heavy atom. The Kier molecular flexibility index (Phi) is 51.3. The monoisotopic (exact) mass is 130 g/mol. The Bertz CT molecular complexity index is 67.5. The number of amides is 2. The van der Waals surface area contributed by atoms with Gasteiger partial charge in [0.05, 0.1) is 0 Å². The van der Waals surface area contributed by atoms with E-state index >= 15 is 0 Å². The highest BCUT2D eigenvalue weighted by molar-refractivity contribution is 5.69. The largest absolute Gasteiger partial charge is 0.352 e. The summed E-state index contributed by atoms with van der Waals surface area (Å²) < 4.78 is 0. The van der Waals surface area contributed by atoms with Crippen LogP contribution >= 0.6 is 0 Å². The van der Waals surface area contributed by atoms with E-state index in [2.05, 4.69) is 31.2 Å². The van der Waals surface area contributed by atoms with Crippen LogP contribution in [0.3, 0.4) is 0 Å². The van der Waals surface area contributed by atoms with Crippen molar-refractivity contribution in [1.82, 2.24) is 0 Å². The van der Waals surface area contributed by atoms with Crippen molar-refractivity contribution in [2.75, 3.05) is 0 Å². The standard InChI is InChI=1S/C3H6.C2H4.CH4N2O/c1-3-2;1-2;2-1(3)4/h3H,1H2,2H3;1-2H2;(H4,2,3,4). The van der Waals surface area contributed by atoms with Crippen LogP contribution in [-0.2, 0) is 0 Å². The van der Waals surface area contributed by atoms with Crippen LogP contribution in [0.2, 0.25) is 0 Å². The highest BCUT2D eigenvalue weighted by Gasteiger charge is 1.60. The number of primary amides is 2. The van der Waals surface area contributed by atoms with Gasteiger partial charge in [-0.3, -0.25) is 0 Å². The van der Waals surface area contributed by atoms with E-state index in [4.69, 9.17) is 4.79 Å². The normalized spacial score (nSPS) is 4.56. The molecule has 4 N–H and O–H groups in total. The molecule has 0 fully saturated rings. The Labute approximate surface area is 56.0 Å². The molecule has 2 amide bonds. The van der Waals surface area contributed by atoms with Crippen LogP contribution in [-0.4, -0.2) is 6.03 Å². The number of hydrogen-bond acceptors (Lipinski definition) is 1. The Morgan fingerprint density at radius 1 is 1.44 bits per heavy atom. The molecule has 0 aromatic carbocycles. The molecule has 9 heavy (non-hydrogen) atoms. The SMILES string of the molecule is C=C.C=CC.NC(N)=O. The van der Waals surface area contributed by atoms with Gasteiger partial charge in [0.25, 0.3) is 0 Å². The zero-order chi connectivity index (χ0) is 8.28. The van der Waals surface area contributed by atoms with Gasteiger partial charge in [-0.2, -0.15) is 0 Å². The maximum atomic E-state index is 9.00. The highest BCUT2D eigenvalue weighted by Crippen LogP contribution is 1.38. The number of rotatable bonds is 0. The molecule has 0 aliphatic carbocycles. The van der Waals surface area contributed by atoms with Gasteiger partial charge in [0.2, 0.25) is 0 Å². The lowest BCUT2D eigenvalue weighted by Crippen LogP contribution is -2.18. The minimum atomic E-state index is -0.833. The summed E-state index contributed by atoms with van der Waals surface area (Å²) in [4.78, 5) is 9.00. The molecule has 0 aromatic heterocycles. The predicted molar refractivity (Wildman–Crippen MR) is 40.9 cm³/mol. The molecule has 0 saturated carbocycles. The van der Waals surface area contributed by atoms with Crippen LogP contribution in [0.4, 0.5) is 4.79 Å². The van der Waals surface area contributed by atoms with Gasteiger partial charge in [-0.25, -0.2) is 4.79 Å². The van der Waals surface area contributed by atoms with E-state index in [1.165, 1.54) is 0 Å². The van der Waals surface area contributed by atoms with E-state index in [0.717, 1.165) is 0 Å². The summed E-state index contributed by atoms with van der Waals surface area (Å²) in [5, 5.41) is 0. The molecule has 0 aliphatic heterocycles. The van der Waals surface area contributed by atoms with Crippen LogP contribution in [0.15, 0.2) is 25.8 Å². The average molecular weight is 130 g/mol. The lowest BCUT2D eigenvalue weighted by Gasteiger charge is -1.62. The summed E-state index contributed by atoms with van der Waals surface area (Å²) in [5.74, 6) is 0. The highest BCUT2D eigenvalue weighted by atomic mass is 16.2. The van der Waals surface area contributed by atoms with E-state index < -0.39 is 6.03 Å². The first-order valence-corrected chi connectivity index (χ1v) is 2.27. The third kappa shape index (κ3) is 97.5. The van der Waals surface area contributed by atoms with Gasteiger partial charge in [0.15, 0.2) is 0 Å². The van der Waals surface area contributed by atoms with Gasteiger partial charge in [0, 0.05) is 0 Å². The van der Waals surface area contributed by atoms with Crippen molar-refractivity contribution in [3.63, 3.8) is 0 Å². The molecule has 0 rings (SSSR count). The molecule has 0 spiro atoms. The van der Waals surface area contributed by atoms with Gasteiger partial charge in [-0.15, -0.1) is 19.7 Å². The number of urea groups is 1. The lowest BCUT2D eigenvalue weighted by molar-refractivity contribution is 0.256. The summed E-state index contributed by atoms with van der Waals surface area (Å²) in [6.45, 7) is 11.2. The number of carbonyl (C=O) groups is 1. The van der Waals surface area contributed by atoms with E-state index in [1.807, 2.05) is 6.92 Å². The summed E-state index contributed by atoms with van der Waals surface area (Å²) in [6, 6.07) is -0.833. The molecular weight excluding hydrogens is 116 g/mol. The van der Waals surface area contributed by atoms with Crippen molar-refractivity contribution in [3.05, 3.63) is 25.8 Å². The summed E-state index contributed by atoms with van der Waals surface area (Å²) in [5.41, 5.74) is 8.50. The Morgan fingerprint density at radius 2 is 1.44 bits per heavy atom. The molecule has 0 bridgehead atoms. The van der Waals surface area contributed by atoms with Gasteiger partial charge in [-0.1, -0.05) is 6.08 Å². The third-order valence-corrected chi connectivity index (χ3v) is 0. The van der Waals surface area contributed by atoms with E-state index in [0.29, 0.717) is 0 Å². The van der Waals surface area contributed by atoms with Gasteiger partial charge in [-0.05, 0) is 6.92 Å². The molecule has 0 aliphatic rings. The molecular formula is C6H14N2O. The Balaban J connectivity index is -0.0000000646. The molecule has 0 heterocycles. The van der Waals surface area contributed by atoms with E-state index in [-0.39, 0.29) is 0 Å². The molecule has 0 unspecified atom stereocenters. The topological polar surface area (TPSA) is 69.1 Å². The molecule has 0 saturated heterocycles. The first-order chi connectivity index (χ1) is 4.15. The average Bonchev–Trinajstić information content (AvgIpc) is 1.71. The molecule has 3 nitrogen and oxygen atoms in total. The quantitative estimate of drug-likeness (QED) is 0.472. The summed E-state index contributed by atoms with van der Waals surface area (Å²) >= 11 is 0. The zero-order valence-corrected chi connectivity index (χ0v) is 5.76. The van der Waals surface area contributed by atoms with Crippen molar-refractivity contribution < 1.29 is 4.79 Å². The molecule has 54 valence electrons. The zero-order valence-electron chi connectivity index (χ0n) is 5.76. The number of hydrogen-bond donors (Lipinski definition) is 2. The van der Waals surface area contributed by atoms with Gasteiger partial charge >= 0.3 is 6.03 Å². The second-order valence-electron chi connectivity index (χ2n) is 0.811. The maximum Gasteiger partial charge on any atom is 0.309 e. The minimum absolute atomic E-state index is 0.833. The Hall–Kier alpha value is -1.25. The fourth-order valence-electron chi connectivity index (χ4n) is 0. The second kappa shape index (κ2) is 29.5. The third-order valence-electron chi connectivity index (χ3n) is 0. The van der Waals surface area contributed by atoms with Crippen LogP contribution in [0.25, 0.3) is 0 Å². The first kappa shape index (κ1) is 15.7.